The van der Waals surface area contributed by atoms with E-state index in [1.807, 2.05) is 36.4 Å². The van der Waals surface area contributed by atoms with Gasteiger partial charge in [0.25, 0.3) is 0 Å². The summed E-state index contributed by atoms with van der Waals surface area (Å²) in [6.45, 7) is 0.579. The smallest absolute Gasteiger partial charge is 0.329 e. The van der Waals surface area contributed by atoms with E-state index in [1.54, 1.807) is 29.3 Å². The number of carbonyl (C=O) groups excluding carboxylic acids is 2. The predicted molar refractivity (Wildman–Crippen MR) is 95.9 cm³/mol. The van der Waals surface area contributed by atoms with Gasteiger partial charge in [0, 0.05) is 29.7 Å². The summed E-state index contributed by atoms with van der Waals surface area (Å²) in [5.41, 5.74) is 10.2. The van der Waals surface area contributed by atoms with E-state index >= 15 is 0 Å². The molecule has 2 aromatic heterocycles. The van der Waals surface area contributed by atoms with Crippen LogP contribution in [0.2, 0.25) is 0 Å². The lowest BCUT2D eigenvalue weighted by Gasteiger charge is -2.01. The van der Waals surface area contributed by atoms with Gasteiger partial charge in [0.05, 0.1) is 12.8 Å². The monoisotopic (exact) mass is 348 g/mol. The number of hydrogen-bond donors (Lipinski definition) is 2. The maximum atomic E-state index is 11.2. The van der Waals surface area contributed by atoms with E-state index in [1.165, 1.54) is 6.21 Å². The summed E-state index contributed by atoms with van der Waals surface area (Å²) in [7, 11) is 0. The standard InChI is InChI=1S/C18H16N6O2/c19-17(25)18(26)22-21-10-15-12-24(11-13-5-2-1-3-6-13)23-16(15)14-7-4-8-20-9-14/h1-10,12H,11H2,(H2,19,25)(H,22,26)/b21-10-. The van der Waals surface area contributed by atoms with E-state index < -0.39 is 11.8 Å². The Labute approximate surface area is 149 Å². The number of nitrogens with zero attached hydrogens (tertiary/aromatic N) is 4. The highest BCUT2D eigenvalue weighted by Gasteiger charge is 2.11. The lowest BCUT2D eigenvalue weighted by molar-refractivity contribution is -0.137. The van der Waals surface area contributed by atoms with Crippen LogP contribution < -0.4 is 11.2 Å². The molecule has 0 bridgehead atoms. The van der Waals surface area contributed by atoms with Crippen molar-refractivity contribution in [3.63, 3.8) is 0 Å². The Balaban J connectivity index is 1.89. The van der Waals surface area contributed by atoms with Crippen molar-refractivity contribution >= 4 is 18.0 Å². The van der Waals surface area contributed by atoms with E-state index in [-0.39, 0.29) is 0 Å². The number of hydrogen-bond acceptors (Lipinski definition) is 5. The molecule has 2 heterocycles. The minimum atomic E-state index is -1.10. The van der Waals surface area contributed by atoms with Crippen LogP contribution in [0.15, 0.2) is 66.2 Å². The average molecular weight is 348 g/mol. The van der Waals surface area contributed by atoms with Crippen LogP contribution in [-0.4, -0.2) is 32.8 Å². The number of rotatable bonds is 5. The summed E-state index contributed by atoms with van der Waals surface area (Å²) in [6, 6.07) is 13.6. The molecule has 0 saturated carbocycles. The first-order valence-corrected chi connectivity index (χ1v) is 7.78. The normalized spacial score (nSPS) is 10.8. The summed E-state index contributed by atoms with van der Waals surface area (Å²) in [5, 5.41) is 8.36. The van der Waals surface area contributed by atoms with Crippen molar-refractivity contribution in [1.82, 2.24) is 20.2 Å². The molecular formula is C18H16N6O2. The van der Waals surface area contributed by atoms with Gasteiger partial charge < -0.3 is 5.73 Å². The van der Waals surface area contributed by atoms with Crippen LogP contribution in [0.3, 0.4) is 0 Å². The molecule has 2 amide bonds. The fourth-order valence-corrected chi connectivity index (χ4v) is 2.33. The summed E-state index contributed by atoms with van der Waals surface area (Å²) >= 11 is 0. The molecule has 3 rings (SSSR count). The van der Waals surface area contributed by atoms with E-state index in [0.29, 0.717) is 17.8 Å². The minimum Gasteiger partial charge on any atom is -0.361 e. The zero-order chi connectivity index (χ0) is 18.4. The van der Waals surface area contributed by atoms with E-state index in [9.17, 15) is 9.59 Å². The number of amides is 2. The summed E-state index contributed by atoms with van der Waals surface area (Å²) in [5.74, 6) is -2.09. The van der Waals surface area contributed by atoms with Crippen molar-refractivity contribution in [3.05, 3.63) is 72.2 Å². The maximum absolute atomic E-state index is 11.2. The molecule has 0 aliphatic heterocycles. The van der Waals surface area contributed by atoms with Gasteiger partial charge in [-0.25, -0.2) is 5.43 Å². The highest BCUT2D eigenvalue weighted by molar-refractivity contribution is 6.34. The Morgan fingerprint density at radius 3 is 2.69 bits per heavy atom. The molecule has 3 N–H and O–H groups in total. The summed E-state index contributed by atoms with van der Waals surface area (Å²) in [6.07, 6.45) is 6.58. The van der Waals surface area contributed by atoms with Crippen molar-refractivity contribution in [3.8, 4) is 11.3 Å². The molecule has 8 nitrogen and oxygen atoms in total. The number of nitrogens with two attached hydrogens (primary N) is 1. The van der Waals surface area contributed by atoms with Crippen molar-refractivity contribution < 1.29 is 9.59 Å². The van der Waals surface area contributed by atoms with Gasteiger partial charge in [0.2, 0.25) is 0 Å². The van der Waals surface area contributed by atoms with Gasteiger partial charge in [0.1, 0.15) is 5.69 Å². The third kappa shape index (κ3) is 4.18. The number of aromatic nitrogens is 3. The molecule has 0 saturated heterocycles. The first kappa shape index (κ1) is 17.0. The number of hydrazone groups is 1. The topological polar surface area (TPSA) is 115 Å². The van der Waals surface area contributed by atoms with Gasteiger partial charge in [-0.05, 0) is 17.7 Å². The van der Waals surface area contributed by atoms with Crippen molar-refractivity contribution in [2.45, 2.75) is 6.54 Å². The van der Waals surface area contributed by atoms with Crippen LogP contribution in [0.5, 0.6) is 0 Å². The zero-order valence-electron chi connectivity index (χ0n) is 13.7. The number of carbonyl (C=O) groups is 2. The molecule has 0 radical (unpaired) electrons. The first-order valence-electron chi connectivity index (χ1n) is 7.78. The first-order chi connectivity index (χ1) is 12.6. The Morgan fingerprint density at radius 2 is 2.00 bits per heavy atom. The molecule has 3 aromatic rings. The Bertz CT molecular complexity index is 935. The molecule has 0 aliphatic carbocycles. The van der Waals surface area contributed by atoms with Crippen LogP contribution in [0.1, 0.15) is 11.1 Å². The average Bonchev–Trinajstić information content (AvgIpc) is 3.05. The molecule has 0 atom stereocenters. The van der Waals surface area contributed by atoms with Gasteiger partial charge in [0.15, 0.2) is 0 Å². The van der Waals surface area contributed by atoms with Crippen LogP contribution in [0.25, 0.3) is 11.3 Å². The third-order valence-corrected chi connectivity index (χ3v) is 3.51. The predicted octanol–water partition coefficient (Wildman–Crippen LogP) is 0.929. The number of benzene rings is 1. The Hall–Kier alpha value is -3.81. The van der Waals surface area contributed by atoms with Gasteiger partial charge >= 0.3 is 11.8 Å². The number of primary amides is 1. The molecule has 0 fully saturated rings. The highest BCUT2D eigenvalue weighted by atomic mass is 16.2. The van der Waals surface area contributed by atoms with Gasteiger partial charge in [-0.15, -0.1) is 0 Å². The molecule has 130 valence electrons. The summed E-state index contributed by atoms with van der Waals surface area (Å²) < 4.78 is 1.77. The lowest BCUT2D eigenvalue weighted by atomic mass is 10.1. The second-order valence-electron chi connectivity index (χ2n) is 5.42. The molecule has 1 aromatic carbocycles. The van der Waals surface area contributed by atoms with E-state index in [0.717, 1.165) is 11.1 Å². The zero-order valence-corrected chi connectivity index (χ0v) is 13.7. The quantitative estimate of drug-likeness (QED) is 0.405. The van der Waals surface area contributed by atoms with Gasteiger partial charge in [-0.3, -0.25) is 19.3 Å². The summed E-state index contributed by atoms with van der Waals surface area (Å²) in [4.78, 5) is 26.1. The second-order valence-corrected chi connectivity index (χ2v) is 5.42. The van der Waals surface area contributed by atoms with E-state index in [4.69, 9.17) is 5.73 Å². The third-order valence-electron chi connectivity index (χ3n) is 3.51. The largest absolute Gasteiger partial charge is 0.361 e. The van der Waals surface area contributed by atoms with Crippen molar-refractivity contribution in [1.29, 1.82) is 0 Å². The Morgan fingerprint density at radius 1 is 1.19 bits per heavy atom. The molecular weight excluding hydrogens is 332 g/mol. The number of pyridine rings is 1. The molecule has 0 unspecified atom stereocenters. The maximum Gasteiger partial charge on any atom is 0.329 e. The molecule has 0 aliphatic rings. The van der Waals surface area contributed by atoms with Crippen LogP contribution >= 0.6 is 0 Å². The number of nitrogens with one attached hydrogen (secondary N) is 1. The van der Waals surface area contributed by atoms with Gasteiger partial charge in [-0.1, -0.05) is 30.3 Å². The lowest BCUT2D eigenvalue weighted by Crippen LogP contribution is -2.32. The molecule has 26 heavy (non-hydrogen) atoms. The van der Waals surface area contributed by atoms with Gasteiger partial charge in [-0.2, -0.15) is 10.2 Å². The fourth-order valence-electron chi connectivity index (χ4n) is 2.33. The van der Waals surface area contributed by atoms with Crippen molar-refractivity contribution in [2.75, 3.05) is 0 Å². The van der Waals surface area contributed by atoms with Crippen LogP contribution in [-0.2, 0) is 16.1 Å². The Kier molecular flexibility index (Phi) is 5.14. The van der Waals surface area contributed by atoms with Crippen LogP contribution in [0.4, 0.5) is 0 Å². The molecule has 8 heteroatoms. The molecule has 0 spiro atoms. The van der Waals surface area contributed by atoms with E-state index in [2.05, 4.69) is 20.6 Å². The fraction of sp³-hybridized carbons (Fsp3) is 0.0556. The van der Waals surface area contributed by atoms with Crippen molar-refractivity contribution in [2.24, 2.45) is 10.8 Å². The second kappa shape index (κ2) is 7.84. The SMILES string of the molecule is NC(=O)C(=O)N/N=C\c1cn(Cc2ccccc2)nc1-c1cccnc1. The minimum absolute atomic E-state index is 0.579. The highest BCUT2D eigenvalue weighted by Crippen LogP contribution is 2.20. The van der Waals surface area contributed by atoms with Crippen LogP contribution in [0, 0.1) is 0 Å².